The number of sulfonamides is 1. The number of aromatic nitrogens is 2. The average Bonchev–Trinajstić information content (AvgIpc) is 2.59. The summed E-state index contributed by atoms with van der Waals surface area (Å²) in [6.45, 7) is 6.07. The SMILES string of the molecule is CCOc1ncc(NS(=O)(=O)c2ccc(OCC)c(F)c2)c(OCC)n1. The third-order valence-electron chi connectivity index (χ3n) is 3.04. The lowest BCUT2D eigenvalue weighted by molar-refractivity contribution is 0.290. The molecule has 0 aliphatic heterocycles. The summed E-state index contributed by atoms with van der Waals surface area (Å²) >= 11 is 0. The Morgan fingerprint density at radius 3 is 2.38 bits per heavy atom. The maximum atomic E-state index is 14.0. The second kappa shape index (κ2) is 8.65. The number of nitrogens with one attached hydrogen (secondary N) is 1. The average molecular weight is 385 g/mol. The highest BCUT2D eigenvalue weighted by Gasteiger charge is 2.20. The molecule has 0 unspecified atom stereocenters. The van der Waals surface area contributed by atoms with Crippen molar-refractivity contribution >= 4 is 15.7 Å². The van der Waals surface area contributed by atoms with Crippen molar-refractivity contribution in [2.24, 2.45) is 0 Å². The van der Waals surface area contributed by atoms with E-state index in [0.717, 1.165) is 6.07 Å². The minimum atomic E-state index is -4.08. The monoisotopic (exact) mass is 385 g/mol. The maximum absolute atomic E-state index is 14.0. The van der Waals surface area contributed by atoms with E-state index in [0.29, 0.717) is 6.61 Å². The number of ether oxygens (including phenoxy) is 3. The molecule has 142 valence electrons. The van der Waals surface area contributed by atoms with Gasteiger partial charge in [-0.25, -0.2) is 17.8 Å². The summed E-state index contributed by atoms with van der Waals surface area (Å²) in [5, 5.41) is 0. The minimum absolute atomic E-state index is 0.0148. The number of anilines is 1. The van der Waals surface area contributed by atoms with Crippen LogP contribution < -0.4 is 18.9 Å². The molecule has 26 heavy (non-hydrogen) atoms. The third kappa shape index (κ3) is 4.72. The molecule has 0 amide bonds. The Kier molecular flexibility index (Phi) is 6.56. The van der Waals surface area contributed by atoms with Crippen molar-refractivity contribution in [1.82, 2.24) is 9.97 Å². The molecule has 0 spiro atoms. The van der Waals surface area contributed by atoms with Crippen molar-refractivity contribution in [1.29, 1.82) is 0 Å². The van der Waals surface area contributed by atoms with Gasteiger partial charge in [0.1, 0.15) is 5.69 Å². The molecule has 0 aliphatic carbocycles. The molecular formula is C16H20FN3O5S. The lowest BCUT2D eigenvalue weighted by atomic mass is 10.3. The van der Waals surface area contributed by atoms with Crippen LogP contribution in [0.25, 0.3) is 0 Å². The van der Waals surface area contributed by atoms with Gasteiger partial charge < -0.3 is 14.2 Å². The third-order valence-corrected chi connectivity index (χ3v) is 4.41. The molecule has 10 heteroatoms. The van der Waals surface area contributed by atoms with Crippen molar-refractivity contribution in [2.45, 2.75) is 25.7 Å². The minimum Gasteiger partial charge on any atom is -0.491 e. The van der Waals surface area contributed by atoms with E-state index >= 15 is 0 Å². The van der Waals surface area contributed by atoms with Crippen molar-refractivity contribution in [3.05, 3.63) is 30.2 Å². The van der Waals surface area contributed by atoms with E-state index < -0.39 is 15.8 Å². The van der Waals surface area contributed by atoms with Gasteiger partial charge in [-0.3, -0.25) is 4.72 Å². The lowest BCUT2D eigenvalue weighted by Gasteiger charge is -2.13. The zero-order chi connectivity index (χ0) is 19.2. The Balaban J connectivity index is 2.32. The standard InChI is InChI=1S/C16H20FN3O5S/c1-4-23-14-8-7-11(9-12(14)17)26(21,22)20-13-10-18-16(25-6-3)19-15(13)24-5-2/h7-10,20H,4-6H2,1-3H3. The normalized spacial score (nSPS) is 11.1. The van der Waals surface area contributed by atoms with Crippen molar-refractivity contribution < 1.29 is 27.0 Å². The van der Waals surface area contributed by atoms with Gasteiger partial charge in [-0.2, -0.15) is 4.98 Å². The molecule has 0 aliphatic rings. The fraction of sp³-hybridized carbons (Fsp3) is 0.375. The lowest BCUT2D eigenvalue weighted by Crippen LogP contribution is -2.15. The summed E-state index contributed by atoms with van der Waals surface area (Å²) in [4.78, 5) is 7.65. The van der Waals surface area contributed by atoms with Crippen LogP contribution in [0.4, 0.5) is 10.1 Å². The van der Waals surface area contributed by atoms with Gasteiger partial charge in [0.05, 0.1) is 30.9 Å². The van der Waals surface area contributed by atoms with E-state index in [4.69, 9.17) is 14.2 Å². The van der Waals surface area contributed by atoms with Crippen LogP contribution in [0.15, 0.2) is 29.3 Å². The molecule has 2 rings (SSSR count). The predicted molar refractivity (Wildman–Crippen MR) is 92.7 cm³/mol. The second-order valence-electron chi connectivity index (χ2n) is 4.87. The maximum Gasteiger partial charge on any atom is 0.319 e. The summed E-state index contributed by atoms with van der Waals surface area (Å²) in [5.41, 5.74) is 0.0181. The van der Waals surface area contributed by atoms with Gasteiger partial charge in [-0.05, 0) is 39.0 Å². The zero-order valence-corrected chi connectivity index (χ0v) is 15.5. The molecule has 8 nitrogen and oxygen atoms in total. The molecule has 0 fully saturated rings. The Bertz CT molecular complexity index is 861. The van der Waals surface area contributed by atoms with Gasteiger partial charge in [0.25, 0.3) is 10.0 Å². The Morgan fingerprint density at radius 1 is 1.08 bits per heavy atom. The van der Waals surface area contributed by atoms with Crippen LogP contribution in [-0.4, -0.2) is 38.2 Å². The highest BCUT2D eigenvalue weighted by Crippen LogP contribution is 2.27. The highest BCUT2D eigenvalue weighted by atomic mass is 32.2. The molecule has 1 aromatic heterocycles. The Morgan fingerprint density at radius 2 is 1.77 bits per heavy atom. The molecule has 1 aromatic carbocycles. The number of rotatable bonds is 9. The van der Waals surface area contributed by atoms with Crippen LogP contribution in [0.5, 0.6) is 17.6 Å². The fourth-order valence-corrected chi connectivity index (χ4v) is 3.04. The van der Waals surface area contributed by atoms with E-state index in [1.54, 1.807) is 20.8 Å². The van der Waals surface area contributed by atoms with Crippen molar-refractivity contribution in [3.63, 3.8) is 0 Å². The number of benzene rings is 1. The second-order valence-corrected chi connectivity index (χ2v) is 6.55. The highest BCUT2D eigenvalue weighted by molar-refractivity contribution is 7.92. The Hall–Kier alpha value is -2.62. The molecule has 1 heterocycles. The summed E-state index contributed by atoms with van der Waals surface area (Å²) in [5.74, 6) is -0.783. The summed E-state index contributed by atoms with van der Waals surface area (Å²) in [6, 6.07) is 3.44. The number of hydrogen-bond donors (Lipinski definition) is 1. The van der Waals surface area contributed by atoms with Crippen molar-refractivity contribution in [2.75, 3.05) is 24.5 Å². The molecule has 0 atom stereocenters. The number of halogens is 1. The molecule has 1 N–H and O–H groups in total. The smallest absolute Gasteiger partial charge is 0.319 e. The van der Waals surface area contributed by atoms with Crippen LogP contribution >= 0.6 is 0 Å². The van der Waals surface area contributed by atoms with Crippen LogP contribution in [-0.2, 0) is 10.0 Å². The molecule has 0 bridgehead atoms. The zero-order valence-electron chi connectivity index (χ0n) is 14.7. The van der Waals surface area contributed by atoms with E-state index in [-0.39, 0.29) is 41.4 Å². The van der Waals surface area contributed by atoms with Gasteiger partial charge in [0, 0.05) is 0 Å². The van der Waals surface area contributed by atoms with E-state index in [1.807, 2.05) is 0 Å². The van der Waals surface area contributed by atoms with Gasteiger partial charge in [0.15, 0.2) is 11.6 Å². The fourth-order valence-electron chi connectivity index (χ4n) is 1.99. The first-order chi connectivity index (χ1) is 12.4. The molecule has 2 aromatic rings. The topological polar surface area (TPSA) is 99.6 Å². The first-order valence-corrected chi connectivity index (χ1v) is 9.47. The Labute approximate surface area is 151 Å². The first-order valence-electron chi connectivity index (χ1n) is 7.99. The molecule has 0 radical (unpaired) electrons. The van der Waals surface area contributed by atoms with Gasteiger partial charge in [-0.15, -0.1) is 0 Å². The van der Waals surface area contributed by atoms with E-state index in [2.05, 4.69) is 14.7 Å². The van der Waals surface area contributed by atoms with Crippen LogP contribution in [0.2, 0.25) is 0 Å². The van der Waals surface area contributed by atoms with Crippen LogP contribution in [0, 0.1) is 5.82 Å². The predicted octanol–water partition coefficient (Wildman–Crippen LogP) is 2.61. The molecular weight excluding hydrogens is 365 g/mol. The molecule has 0 saturated carbocycles. The summed E-state index contributed by atoms with van der Waals surface area (Å²) < 4.78 is 56.9. The van der Waals surface area contributed by atoms with E-state index in [1.165, 1.54) is 18.3 Å². The largest absolute Gasteiger partial charge is 0.491 e. The number of nitrogens with zero attached hydrogens (tertiary/aromatic N) is 2. The summed E-state index contributed by atoms with van der Waals surface area (Å²) in [7, 11) is -4.08. The van der Waals surface area contributed by atoms with Gasteiger partial charge in [-0.1, -0.05) is 0 Å². The molecule has 0 saturated heterocycles. The quantitative estimate of drug-likeness (QED) is 0.708. The first kappa shape index (κ1) is 19.7. The van der Waals surface area contributed by atoms with E-state index in [9.17, 15) is 12.8 Å². The number of hydrogen-bond acceptors (Lipinski definition) is 7. The van der Waals surface area contributed by atoms with Crippen molar-refractivity contribution in [3.8, 4) is 17.6 Å². The van der Waals surface area contributed by atoms with Crippen LogP contribution in [0.1, 0.15) is 20.8 Å². The van der Waals surface area contributed by atoms with Crippen LogP contribution in [0.3, 0.4) is 0 Å². The van der Waals surface area contributed by atoms with Gasteiger partial charge in [0.2, 0.25) is 5.88 Å². The van der Waals surface area contributed by atoms with Gasteiger partial charge >= 0.3 is 6.01 Å². The summed E-state index contributed by atoms with van der Waals surface area (Å²) in [6.07, 6.45) is 1.23.